The Kier molecular flexibility index (Phi) is 12.3. The van der Waals surface area contributed by atoms with Gasteiger partial charge in [-0.3, -0.25) is 4.57 Å². The van der Waals surface area contributed by atoms with Crippen LogP contribution in [-0.4, -0.2) is 16.2 Å². The van der Waals surface area contributed by atoms with Gasteiger partial charge >= 0.3 is 0 Å². The summed E-state index contributed by atoms with van der Waals surface area (Å²) < 4.78 is 9.58. The van der Waals surface area contributed by atoms with Gasteiger partial charge in [0.1, 0.15) is 17.3 Å². The molecule has 0 N–H and O–H groups in total. The third-order valence-electron chi connectivity index (χ3n) is 15.2. The van der Waals surface area contributed by atoms with Gasteiger partial charge in [-0.25, -0.2) is 4.98 Å². The topological polar surface area (TPSA) is 33.5 Å². The quantitative estimate of drug-likeness (QED) is 0.137. The van der Waals surface area contributed by atoms with Crippen LogP contribution in [0.4, 0.5) is 11.4 Å². The molecular formula is C68H72N4O. The minimum Gasteiger partial charge on any atom is -0.457 e. The molecule has 0 spiro atoms. The van der Waals surface area contributed by atoms with Crippen molar-refractivity contribution in [2.24, 2.45) is 10.8 Å². The zero-order valence-corrected chi connectivity index (χ0v) is 45.3. The molecule has 5 heteroatoms. The summed E-state index contributed by atoms with van der Waals surface area (Å²) in [6.07, 6.45) is 1.96. The highest BCUT2D eigenvalue weighted by molar-refractivity contribution is 6.10. The first-order chi connectivity index (χ1) is 34.6. The van der Waals surface area contributed by atoms with E-state index in [1.807, 2.05) is 6.20 Å². The van der Waals surface area contributed by atoms with Gasteiger partial charge in [0.05, 0.1) is 17.7 Å². The summed E-state index contributed by atoms with van der Waals surface area (Å²) in [5.41, 5.74) is 14.7. The molecule has 2 aromatic heterocycles. The first kappa shape index (κ1) is 49.2. The molecule has 0 unspecified atom stereocenters. The molecule has 1 aliphatic heterocycles. The van der Waals surface area contributed by atoms with Crippen LogP contribution in [0.5, 0.6) is 11.5 Å². The Balaban J connectivity index is 1.15. The van der Waals surface area contributed by atoms with Crippen molar-refractivity contribution in [1.29, 1.82) is 0 Å². The Bertz CT molecular complexity index is 3510. The van der Waals surface area contributed by atoms with Gasteiger partial charge < -0.3 is 14.5 Å². The van der Waals surface area contributed by atoms with Crippen molar-refractivity contribution in [2.45, 2.75) is 106 Å². The number of rotatable bonds is 10. The SMILES string of the molecule is CC(C)(C)C1=C(C(C)(C)C)N(c2cc(Oc3ccc4c5cc(-c6ccccc6)ccc5n(-c5cc(C(C)(C)c6ccccc6)ccn5)c4c3)cc(C(C)(C)c3ccccc3)c2)CN1c1cccc(C(C)(C)C)c1. The number of anilines is 2. The number of ether oxygens (including phenoxy) is 1. The number of pyridine rings is 1. The number of hydrogen-bond acceptors (Lipinski definition) is 4. The minimum atomic E-state index is -0.342. The van der Waals surface area contributed by atoms with Gasteiger partial charge in [-0.2, -0.15) is 0 Å². The van der Waals surface area contributed by atoms with Crippen molar-refractivity contribution in [2.75, 3.05) is 16.5 Å². The van der Waals surface area contributed by atoms with Gasteiger partial charge in [0.15, 0.2) is 0 Å². The zero-order valence-electron chi connectivity index (χ0n) is 45.3. The Morgan fingerprint density at radius 1 is 0.384 bits per heavy atom. The zero-order chi connectivity index (χ0) is 51.7. The number of fused-ring (bicyclic) bond motifs is 3. The van der Waals surface area contributed by atoms with Crippen LogP contribution in [-0.2, 0) is 16.2 Å². The lowest BCUT2D eigenvalue weighted by atomic mass is 9.77. The Morgan fingerprint density at radius 3 is 1.58 bits per heavy atom. The smallest absolute Gasteiger partial charge is 0.137 e. The average Bonchev–Trinajstić information content (AvgIpc) is 3.95. The number of nitrogens with zero attached hydrogens (tertiary/aromatic N) is 4. The maximum Gasteiger partial charge on any atom is 0.137 e. The maximum atomic E-state index is 7.26. The van der Waals surface area contributed by atoms with Crippen LogP contribution in [0.15, 0.2) is 200 Å². The predicted octanol–water partition coefficient (Wildman–Crippen LogP) is 18.2. The van der Waals surface area contributed by atoms with Crippen LogP contribution in [0, 0.1) is 10.8 Å². The third kappa shape index (κ3) is 9.35. The first-order valence-electron chi connectivity index (χ1n) is 26.0. The van der Waals surface area contributed by atoms with Crippen LogP contribution >= 0.6 is 0 Å². The highest BCUT2D eigenvalue weighted by Gasteiger charge is 2.42. The van der Waals surface area contributed by atoms with Gasteiger partial charge in [0.25, 0.3) is 0 Å². The molecule has 73 heavy (non-hydrogen) atoms. The van der Waals surface area contributed by atoms with E-state index in [2.05, 4.69) is 286 Å². The first-order valence-corrected chi connectivity index (χ1v) is 26.0. The van der Waals surface area contributed by atoms with Crippen LogP contribution in [0.25, 0.3) is 38.8 Å². The molecule has 0 atom stereocenters. The highest BCUT2D eigenvalue weighted by atomic mass is 16.5. The molecular weight excluding hydrogens is 889 g/mol. The van der Waals surface area contributed by atoms with Crippen molar-refractivity contribution < 1.29 is 4.74 Å². The maximum absolute atomic E-state index is 7.26. The normalized spacial score (nSPS) is 13.9. The van der Waals surface area contributed by atoms with Gasteiger partial charge in [0.2, 0.25) is 0 Å². The van der Waals surface area contributed by atoms with Gasteiger partial charge in [-0.1, -0.05) is 199 Å². The second-order valence-electron chi connectivity index (χ2n) is 24.3. The molecule has 0 amide bonds. The lowest BCUT2D eigenvalue weighted by Gasteiger charge is -2.35. The highest BCUT2D eigenvalue weighted by Crippen LogP contribution is 2.50. The Labute approximate surface area is 434 Å². The summed E-state index contributed by atoms with van der Waals surface area (Å²) in [4.78, 5) is 10.2. The predicted molar refractivity (Wildman–Crippen MR) is 309 cm³/mol. The summed E-state index contributed by atoms with van der Waals surface area (Å²) >= 11 is 0. The fourth-order valence-corrected chi connectivity index (χ4v) is 11.0. The Hall–Kier alpha value is -7.37. The second kappa shape index (κ2) is 18.3. The van der Waals surface area contributed by atoms with E-state index >= 15 is 0 Å². The van der Waals surface area contributed by atoms with Crippen molar-refractivity contribution in [3.8, 4) is 28.4 Å². The van der Waals surface area contributed by atoms with Crippen molar-refractivity contribution in [1.82, 2.24) is 9.55 Å². The number of benzene rings is 7. The summed E-state index contributed by atoms with van der Waals surface area (Å²) in [7, 11) is 0. The lowest BCUT2D eigenvalue weighted by Crippen LogP contribution is -2.31. The fourth-order valence-electron chi connectivity index (χ4n) is 11.0. The largest absolute Gasteiger partial charge is 0.457 e. The number of aromatic nitrogens is 2. The standard InChI is InChI=1S/C68H72N4O/c1-64(2,3)50-30-23-31-53(39-50)70-45-71(63(66(7,8)9)62(70)65(4,5)6)54-40-52(68(12,13)49-28-21-16-22-29-49)41-56(43-54)73-55-33-34-57-58-38-47(46-24-17-14-18-25-46)32-35-59(58)72(60(57)44-55)61-42-51(36-37-69-61)67(10,11)48-26-19-15-20-27-48/h14-44H,45H2,1-13H3. The van der Waals surface area contributed by atoms with E-state index < -0.39 is 0 Å². The summed E-state index contributed by atoms with van der Waals surface area (Å²) in [6.45, 7) is 30.9. The van der Waals surface area contributed by atoms with Crippen LogP contribution in [0.3, 0.4) is 0 Å². The van der Waals surface area contributed by atoms with Gasteiger partial charge in [0, 0.05) is 73.5 Å². The molecule has 10 rings (SSSR count). The molecule has 0 bridgehead atoms. The van der Waals surface area contributed by atoms with E-state index in [1.165, 1.54) is 56.0 Å². The fraction of sp³-hybridized carbons (Fsp3) is 0.279. The Morgan fingerprint density at radius 2 is 0.959 bits per heavy atom. The molecule has 3 heterocycles. The van der Waals surface area contributed by atoms with Crippen LogP contribution in [0.2, 0.25) is 0 Å². The molecule has 0 saturated heterocycles. The number of hydrogen-bond donors (Lipinski definition) is 0. The minimum absolute atomic E-state index is 0.0137. The molecule has 0 saturated carbocycles. The van der Waals surface area contributed by atoms with E-state index in [0.717, 1.165) is 44.8 Å². The monoisotopic (exact) mass is 961 g/mol. The molecule has 5 nitrogen and oxygen atoms in total. The summed E-state index contributed by atoms with van der Waals surface area (Å²) in [5.74, 6) is 2.40. The van der Waals surface area contributed by atoms with Crippen molar-refractivity contribution >= 4 is 33.2 Å². The third-order valence-corrected chi connectivity index (χ3v) is 15.2. The molecule has 0 radical (unpaired) electrons. The van der Waals surface area contributed by atoms with E-state index in [1.54, 1.807) is 0 Å². The summed E-state index contributed by atoms with van der Waals surface area (Å²) in [6, 6.07) is 66.1. The molecule has 0 aliphatic carbocycles. The van der Waals surface area contributed by atoms with E-state index in [-0.39, 0.29) is 27.1 Å². The molecule has 9 aromatic rings. The lowest BCUT2D eigenvalue weighted by molar-refractivity contribution is 0.444. The number of allylic oxidation sites excluding steroid dienone is 2. The average molecular weight is 961 g/mol. The van der Waals surface area contributed by atoms with E-state index in [4.69, 9.17) is 9.72 Å². The van der Waals surface area contributed by atoms with Crippen LogP contribution < -0.4 is 14.5 Å². The van der Waals surface area contributed by atoms with Crippen molar-refractivity contribution in [3.05, 3.63) is 227 Å². The molecule has 0 fully saturated rings. The van der Waals surface area contributed by atoms with Crippen molar-refractivity contribution in [3.63, 3.8) is 0 Å². The van der Waals surface area contributed by atoms with Gasteiger partial charge in [-0.15, -0.1) is 0 Å². The summed E-state index contributed by atoms with van der Waals surface area (Å²) in [5, 5.41) is 2.30. The second-order valence-corrected chi connectivity index (χ2v) is 24.3. The molecule has 1 aliphatic rings. The molecule has 7 aromatic carbocycles. The van der Waals surface area contributed by atoms with E-state index in [9.17, 15) is 0 Å². The molecule has 370 valence electrons. The van der Waals surface area contributed by atoms with Gasteiger partial charge in [-0.05, 0) is 105 Å². The van der Waals surface area contributed by atoms with E-state index in [0.29, 0.717) is 6.67 Å². The van der Waals surface area contributed by atoms with Crippen LogP contribution in [0.1, 0.15) is 118 Å².